The topological polar surface area (TPSA) is 60.2 Å². The molecule has 4 nitrogen and oxygen atoms in total. The lowest BCUT2D eigenvalue weighted by Gasteiger charge is -2.14. The summed E-state index contributed by atoms with van der Waals surface area (Å²) in [6, 6.07) is 21.1. The molecule has 22 heavy (non-hydrogen) atoms. The molecule has 0 aliphatic rings. The van der Waals surface area contributed by atoms with Crippen LogP contribution in [0, 0.1) is 6.92 Å². The van der Waals surface area contributed by atoms with Crippen LogP contribution in [-0.2, 0) is 0 Å². The minimum atomic E-state index is 0.597. The highest BCUT2D eigenvalue weighted by atomic mass is 16.5. The lowest BCUT2D eigenvalue weighted by molar-refractivity contribution is 0.485. The zero-order valence-corrected chi connectivity index (χ0v) is 12.3. The van der Waals surface area contributed by atoms with Gasteiger partial charge in [-0.1, -0.05) is 30.3 Å². The molecule has 0 unspecified atom stereocenters. The number of hydrogen-bond donors (Lipinski definition) is 2. The number of aromatic nitrogens is 1. The van der Waals surface area contributed by atoms with Gasteiger partial charge >= 0.3 is 0 Å². The zero-order valence-electron chi connectivity index (χ0n) is 12.3. The molecule has 0 spiro atoms. The van der Waals surface area contributed by atoms with Gasteiger partial charge in [-0.3, -0.25) is 0 Å². The van der Waals surface area contributed by atoms with Crippen LogP contribution < -0.4 is 15.8 Å². The second kappa shape index (κ2) is 6.18. The fourth-order valence-corrected chi connectivity index (χ4v) is 2.07. The summed E-state index contributed by atoms with van der Waals surface area (Å²) >= 11 is 0. The minimum Gasteiger partial charge on any atom is -0.455 e. The Morgan fingerprint density at radius 3 is 2.45 bits per heavy atom. The molecular formula is C18H17N3O. The Morgan fingerprint density at radius 2 is 1.64 bits per heavy atom. The summed E-state index contributed by atoms with van der Waals surface area (Å²) in [5.74, 6) is 2.13. The first kappa shape index (κ1) is 13.9. The molecule has 110 valence electrons. The van der Waals surface area contributed by atoms with Gasteiger partial charge in [0.1, 0.15) is 5.75 Å². The summed E-state index contributed by atoms with van der Waals surface area (Å²) in [5.41, 5.74) is 8.29. The van der Waals surface area contributed by atoms with Gasteiger partial charge in [0.2, 0.25) is 0 Å². The van der Waals surface area contributed by atoms with Gasteiger partial charge in [0.15, 0.2) is 11.6 Å². The lowest BCUT2D eigenvalue weighted by Crippen LogP contribution is -2.01. The van der Waals surface area contributed by atoms with Gasteiger partial charge in [0.05, 0.1) is 11.4 Å². The SMILES string of the molecule is Cc1ccc(N)c(Nc2ccccc2Oc2ccccc2)n1. The first-order valence-electron chi connectivity index (χ1n) is 7.04. The van der Waals surface area contributed by atoms with Crippen LogP contribution in [0.15, 0.2) is 66.7 Å². The predicted octanol–water partition coefficient (Wildman–Crippen LogP) is 4.51. The third-order valence-corrected chi connectivity index (χ3v) is 3.18. The normalized spacial score (nSPS) is 10.2. The van der Waals surface area contributed by atoms with Gasteiger partial charge < -0.3 is 15.8 Å². The first-order valence-corrected chi connectivity index (χ1v) is 7.04. The summed E-state index contributed by atoms with van der Waals surface area (Å²) in [5, 5.41) is 3.24. The van der Waals surface area contributed by atoms with Crippen LogP contribution >= 0.6 is 0 Å². The summed E-state index contributed by atoms with van der Waals surface area (Å²) in [6.45, 7) is 1.93. The van der Waals surface area contributed by atoms with Crippen molar-refractivity contribution < 1.29 is 4.74 Å². The van der Waals surface area contributed by atoms with Crippen LogP contribution in [0.2, 0.25) is 0 Å². The Kier molecular flexibility index (Phi) is 3.92. The molecule has 0 aliphatic carbocycles. The molecule has 0 amide bonds. The van der Waals surface area contributed by atoms with Crippen molar-refractivity contribution in [3.05, 3.63) is 72.4 Å². The maximum atomic E-state index is 5.97. The summed E-state index contributed by atoms with van der Waals surface area (Å²) in [6.07, 6.45) is 0. The van der Waals surface area contributed by atoms with Crippen LogP contribution in [0.1, 0.15) is 5.69 Å². The summed E-state index contributed by atoms with van der Waals surface area (Å²) in [7, 11) is 0. The molecule has 0 aliphatic heterocycles. The molecule has 0 radical (unpaired) electrons. The van der Waals surface area contributed by atoms with E-state index in [1.165, 1.54) is 0 Å². The number of anilines is 3. The van der Waals surface area contributed by atoms with Crippen LogP contribution in [0.5, 0.6) is 11.5 Å². The lowest BCUT2D eigenvalue weighted by atomic mass is 10.2. The number of hydrogen-bond acceptors (Lipinski definition) is 4. The number of para-hydroxylation sites is 3. The van der Waals surface area contributed by atoms with E-state index in [4.69, 9.17) is 10.5 Å². The van der Waals surface area contributed by atoms with E-state index in [1.807, 2.05) is 73.7 Å². The maximum Gasteiger partial charge on any atom is 0.153 e. The molecule has 0 saturated carbocycles. The van der Waals surface area contributed by atoms with E-state index in [0.717, 1.165) is 22.9 Å². The molecule has 3 rings (SSSR count). The molecule has 0 bridgehead atoms. The van der Waals surface area contributed by atoms with Crippen molar-refractivity contribution in [3.63, 3.8) is 0 Å². The van der Waals surface area contributed by atoms with E-state index in [1.54, 1.807) is 0 Å². The number of pyridine rings is 1. The molecule has 4 heteroatoms. The number of nitrogen functional groups attached to an aromatic ring is 1. The molecule has 2 aromatic carbocycles. The van der Waals surface area contributed by atoms with Crippen LogP contribution in [-0.4, -0.2) is 4.98 Å². The zero-order chi connectivity index (χ0) is 15.4. The van der Waals surface area contributed by atoms with Gasteiger partial charge in [-0.15, -0.1) is 0 Å². The molecule has 3 aromatic rings. The van der Waals surface area contributed by atoms with E-state index in [-0.39, 0.29) is 0 Å². The number of aryl methyl sites for hydroxylation is 1. The molecule has 0 atom stereocenters. The summed E-state index contributed by atoms with van der Waals surface area (Å²) < 4.78 is 5.92. The number of nitrogens with zero attached hydrogens (tertiary/aromatic N) is 1. The van der Waals surface area contributed by atoms with Crippen molar-refractivity contribution in [2.24, 2.45) is 0 Å². The smallest absolute Gasteiger partial charge is 0.153 e. The minimum absolute atomic E-state index is 0.597. The van der Waals surface area contributed by atoms with Crippen LogP contribution in [0.4, 0.5) is 17.2 Å². The monoisotopic (exact) mass is 291 g/mol. The fourth-order valence-electron chi connectivity index (χ4n) is 2.07. The highest BCUT2D eigenvalue weighted by Gasteiger charge is 2.07. The second-order valence-electron chi connectivity index (χ2n) is 4.93. The largest absolute Gasteiger partial charge is 0.455 e. The number of ether oxygens (including phenoxy) is 1. The van der Waals surface area contributed by atoms with Crippen LogP contribution in [0.3, 0.4) is 0 Å². The molecular weight excluding hydrogens is 274 g/mol. The quantitative estimate of drug-likeness (QED) is 0.742. The van der Waals surface area contributed by atoms with Crippen molar-refractivity contribution in [1.29, 1.82) is 0 Å². The second-order valence-corrected chi connectivity index (χ2v) is 4.93. The first-order chi connectivity index (χ1) is 10.7. The average molecular weight is 291 g/mol. The Bertz CT molecular complexity index is 772. The van der Waals surface area contributed by atoms with Gasteiger partial charge in [-0.25, -0.2) is 4.98 Å². The third kappa shape index (κ3) is 3.17. The van der Waals surface area contributed by atoms with E-state index < -0.39 is 0 Å². The Balaban J connectivity index is 1.90. The van der Waals surface area contributed by atoms with Crippen molar-refractivity contribution in [1.82, 2.24) is 4.98 Å². The fraction of sp³-hybridized carbons (Fsp3) is 0.0556. The summed E-state index contributed by atoms with van der Waals surface area (Å²) in [4.78, 5) is 4.42. The number of nitrogens with one attached hydrogen (secondary N) is 1. The van der Waals surface area contributed by atoms with Gasteiger partial charge in [0.25, 0.3) is 0 Å². The molecule has 0 fully saturated rings. The third-order valence-electron chi connectivity index (χ3n) is 3.18. The standard InChI is InChI=1S/C18H17N3O/c1-13-11-12-15(19)18(20-13)21-16-9-5-6-10-17(16)22-14-7-3-2-4-8-14/h2-12H,19H2,1H3,(H,20,21). The van der Waals surface area contributed by atoms with Crippen molar-refractivity contribution in [2.75, 3.05) is 11.1 Å². The average Bonchev–Trinajstić information content (AvgIpc) is 2.54. The maximum absolute atomic E-state index is 5.97. The van der Waals surface area contributed by atoms with Crippen molar-refractivity contribution >= 4 is 17.2 Å². The van der Waals surface area contributed by atoms with Gasteiger partial charge in [-0.2, -0.15) is 0 Å². The highest BCUT2D eigenvalue weighted by molar-refractivity contribution is 5.72. The number of nitrogens with two attached hydrogens (primary N) is 1. The van der Waals surface area contributed by atoms with Crippen LogP contribution in [0.25, 0.3) is 0 Å². The van der Waals surface area contributed by atoms with E-state index in [2.05, 4.69) is 10.3 Å². The molecule has 1 heterocycles. The van der Waals surface area contributed by atoms with E-state index in [9.17, 15) is 0 Å². The number of rotatable bonds is 4. The number of benzene rings is 2. The Labute approximate surface area is 129 Å². The molecule has 1 aromatic heterocycles. The van der Waals surface area contributed by atoms with E-state index in [0.29, 0.717) is 11.5 Å². The van der Waals surface area contributed by atoms with E-state index >= 15 is 0 Å². The molecule has 0 saturated heterocycles. The predicted molar refractivity (Wildman–Crippen MR) is 89.6 cm³/mol. The van der Waals surface area contributed by atoms with Gasteiger partial charge in [-0.05, 0) is 43.3 Å². The molecule has 3 N–H and O–H groups in total. The van der Waals surface area contributed by atoms with Crippen molar-refractivity contribution in [3.8, 4) is 11.5 Å². The van der Waals surface area contributed by atoms with Gasteiger partial charge in [0, 0.05) is 5.69 Å². The van der Waals surface area contributed by atoms with Crippen molar-refractivity contribution in [2.45, 2.75) is 6.92 Å². The highest BCUT2D eigenvalue weighted by Crippen LogP contribution is 2.32. The Morgan fingerprint density at radius 1 is 0.909 bits per heavy atom. The Hall–Kier alpha value is -3.01.